The smallest absolute Gasteiger partial charge is 0.343 e. The number of aryl methyl sites for hydroxylation is 2. The first kappa shape index (κ1) is 14.6. The van der Waals surface area contributed by atoms with Gasteiger partial charge in [0.15, 0.2) is 18.1 Å². The molecule has 3 aromatic heterocycles. The van der Waals surface area contributed by atoms with E-state index < -0.39 is 5.97 Å². The van der Waals surface area contributed by atoms with Crippen LogP contribution in [0.5, 0.6) is 0 Å². The highest BCUT2D eigenvalue weighted by Gasteiger charge is 2.28. The Morgan fingerprint density at radius 2 is 2.17 bits per heavy atom. The predicted molar refractivity (Wildman–Crippen MR) is 83.4 cm³/mol. The third-order valence-electron chi connectivity index (χ3n) is 4.10. The Balaban J connectivity index is 1.64. The number of ether oxygens (including phenoxy) is 1. The molecule has 1 fully saturated rings. The molecule has 0 aromatic carbocycles. The van der Waals surface area contributed by atoms with Crippen LogP contribution >= 0.6 is 0 Å². The van der Waals surface area contributed by atoms with Crippen LogP contribution in [-0.2, 0) is 25.4 Å². The van der Waals surface area contributed by atoms with Crippen molar-refractivity contribution in [3.05, 3.63) is 39.8 Å². The Morgan fingerprint density at radius 1 is 1.38 bits per heavy atom. The van der Waals surface area contributed by atoms with Gasteiger partial charge in [0.05, 0.1) is 17.1 Å². The maximum absolute atomic E-state index is 12.5. The van der Waals surface area contributed by atoms with Crippen molar-refractivity contribution in [3.63, 3.8) is 0 Å². The van der Waals surface area contributed by atoms with Gasteiger partial charge in [-0.2, -0.15) is 10.2 Å². The molecule has 124 valence electrons. The van der Waals surface area contributed by atoms with Crippen LogP contribution in [0.3, 0.4) is 0 Å². The first-order chi connectivity index (χ1) is 11.5. The number of aromatic nitrogens is 6. The van der Waals surface area contributed by atoms with E-state index in [2.05, 4.69) is 20.2 Å². The number of carbonyl (C=O) groups is 1. The largest absolute Gasteiger partial charge is 0.454 e. The van der Waals surface area contributed by atoms with Gasteiger partial charge in [-0.05, 0) is 18.9 Å². The number of rotatable bonds is 4. The first-order valence-electron chi connectivity index (χ1n) is 7.65. The summed E-state index contributed by atoms with van der Waals surface area (Å²) in [6.45, 7) is -0.0995. The van der Waals surface area contributed by atoms with E-state index in [4.69, 9.17) is 4.74 Å². The molecule has 0 saturated heterocycles. The second-order valence-electron chi connectivity index (χ2n) is 5.95. The van der Waals surface area contributed by atoms with Gasteiger partial charge in [0, 0.05) is 25.7 Å². The van der Waals surface area contributed by atoms with Crippen LogP contribution in [0.15, 0.2) is 17.1 Å². The van der Waals surface area contributed by atoms with Gasteiger partial charge >= 0.3 is 11.7 Å². The summed E-state index contributed by atoms with van der Waals surface area (Å²) in [5.41, 5.74) is 1.64. The molecule has 0 aliphatic heterocycles. The molecular formula is C15H16N6O3. The molecular weight excluding hydrogens is 312 g/mol. The zero-order valence-electron chi connectivity index (χ0n) is 13.3. The Kier molecular flexibility index (Phi) is 3.22. The lowest BCUT2D eigenvalue weighted by Gasteiger charge is -2.07. The number of fused-ring (bicyclic) bond motifs is 1. The summed E-state index contributed by atoms with van der Waals surface area (Å²) in [5, 5.41) is 8.77. The molecule has 4 rings (SSSR count). The number of nitrogens with zero attached hydrogens (tertiary/aromatic N) is 5. The Bertz CT molecular complexity index is 994. The van der Waals surface area contributed by atoms with Gasteiger partial charge in [0.25, 0.3) is 0 Å². The van der Waals surface area contributed by atoms with Crippen molar-refractivity contribution >= 4 is 17.0 Å². The monoisotopic (exact) mass is 328 g/mol. The van der Waals surface area contributed by atoms with Gasteiger partial charge in [0.2, 0.25) is 0 Å². The van der Waals surface area contributed by atoms with Gasteiger partial charge < -0.3 is 4.74 Å². The van der Waals surface area contributed by atoms with E-state index in [0.29, 0.717) is 28.3 Å². The summed E-state index contributed by atoms with van der Waals surface area (Å²) in [5.74, 6) is 0.224. The number of hydrogen-bond donors (Lipinski definition) is 1. The maximum Gasteiger partial charge on any atom is 0.343 e. The minimum absolute atomic E-state index is 0.0995. The van der Waals surface area contributed by atoms with Crippen molar-refractivity contribution in [1.82, 2.24) is 29.5 Å². The number of aromatic amines is 1. The fourth-order valence-corrected chi connectivity index (χ4v) is 2.62. The van der Waals surface area contributed by atoms with Crippen LogP contribution in [0, 0.1) is 0 Å². The van der Waals surface area contributed by atoms with Crippen LogP contribution in [-0.4, -0.2) is 35.5 Å². The average molecular weight is 328 g/mol. The summed E-state index contributed by atoms with van der Waals surface area (Å²) in [4.78, 5) is 31.0. The highest BCUT2D eigenvalue weighted by Crippen LogP contribution is 2.40. The standard InChI is InChI=1S/C15H16N6O3/c1-20-13-10(6-16-20)9(5-11(17-13)8-3-4-8)14(22)24-7-12-18-15(23)21(2)19-12/h5-6,8H,3-4,7H2,1-2H3,(H,18,19,23). The molecule has 1 aliphatic rings. The normalized spacial score (nSPS) is 14.2. The molecule has 0 radical (unpaired) electrons. The highest BCUT2D eigenvalue weighted by molar-refractivity contribution is 6.02. The zero-order valence-corrected chi connectivity index (χ0v) is 13.3. The first-order valence-corrected chi connectivity index (χ1v) is 7.65. The van der Waals surface area contributed by atoms with Crippen LogP contribution in [0.1, 0.15) is 40.6 Å². The molecule has 1 N–H and O–H groups in total. The fourth-order valence-electron chi connectivity index (χ4n) is 2.62. The van der Waals surface area contributed by atoms with Crippen LogP contribution in [0.4, 0.5) is 0 Å². The summed E-state index contributed by atoms with van der Waals surface area (Å²) >= 11 is 0. The van der Waals surface area contributed by atoms with Crippen LogP contribution in [0.25, 0.3) is 11.0 Å². The van der Waals surface area contributed by atoms with Crippen molar-refractivity contribution in [3.8, 4) is 0 Å². The highest BCUT2D eigenvalue weighted by atomic mass is 16.5. The lowest BCUT2D eigenvalue weighted by molar-refractivity contribution is 0.0464. The van der Waals surface area contributed by atoms with E-state index in [1.54, 1.807) is 24.0 Å². The summed E-state index contributed by atoms with van der Waals surface area (Å²) in [7, 11) is 3.31. The minimum atomic E-state index is -0.483. The second kappa shape index (κ2) is 5.29. The molecule has 3 aromatic rings. The molecule has 0 bridgehead atoms. The quantitative estimate of drug-likeness (QED) is 0.704. The predicted octanol–water partition coefficient (Wildman–Crippen LogP) is 0.625. The fraction of sp³-hybridized carbons (Fsp3) is 0.400. The lowest BCUT2D eigenvalue weighted by atomic mass is 10.1. The molecule has 0 amide bonds. The third kappa shape index (κ3) is 2.47. The minimum Gasteiger partial charge on any atom is -0.454 e. The van der Waals surface area contributed by atoms with E-state index >= 15 is 0 Å². The Morgan fingerprint density at radius 3 is 2.83 bits per heavy atom. The van der Waals surface area contributed by atoms with Gasteiger partial charge in [-0.25, -0.2) is 19.3 Å². The topological polar surface area (TPSA) is 108 Å². The Labute approximate surface area is 136 Å². The zero-order chi connectivity index (χ0) is 16.8. The van der Waals surface area contributed by atoms with Crippen molar-refractivity contribution in [1.29, 1.82) is 0 Å². The molecule has 1 saturated carbocycles. The number of hydrogen-bond acceptors (Lipinski definition) is 6. The van der Waals surface area contributed by atoms with E-state index in [0.717, 1.165) is 23.2 Å². The lowest BCUT2D eigenvalue weighted by Crippen LogP contribution is -2.13. The third-order valence-corrected chi connectivity index (χ3v) is 4.10. The number of carbonyl (C=O) groups excluding carboxylic acids is 1. The summed E-state index contributed by atoms with van der Waals surface area (Å²) < 4.78 is 8.11. The van der Waals surface area contributed by atoms with Crippen molar-refractivity contribution in [2.45, 2.75) is 25.4 Å². The molecule has 9 nitrogen and oxygen atoms in total. The molecule has 0 spiro atoms. The van der Waals surface area contributed by atoms with Crippen molar-refractivity contribution in [2.75, 3.05) is 0 Å². The van der Waals surface area contributed by atoms with Crippen molar-refractivity contribution < 1.29 is 9.53 Å². The van der Waals surface area contributed by atoms with Crippen LogP contribution < -0.4 is 5.69 Å². The molecule has 9 heteroatoms. The molecule has 24 heavy (non-hydrogen) atoms. The SMILES string of the molecule is Cn1nc(COC(=O)c2cc(C3CC3)nc3c2cnn3C)[nH]c1=O. The number of nitrogens with one attached hydrogen (secondary N) is 1. The number of esters is 1. The summed E-state index contributed by atoms with van der Waals surface area (Å²) in [6, 6.07) is 1.78. The number of H-pyrrole nitrogens is 1. The van der Waals surface area contributed by atoms with E-state index in [1.807, 2.05) is 0 Å². The van der Waals surface area contributed by atoms with Gasteiger partial charge in [0.1, 0.15) is 0 Å². The molecule has 0 unspecified atom stereocenters. The van der Waals surface area contributed by atoms with Crippen LogP contribution in [0.2, 0.25) is 0 Å². The van der Waals surface area contributed by atoms with E-state index in [9.17, 15) is 9.59 Å². The summed E-state index contributed by atoms with van der Waals surface area (Å²) in [6.07, 6.45) is 3.78. The van der Waals surface area contributed by atoms with Crippen molar-refractivity contribution in [2.24, 2.45) is 14.1 Å². The maximum atomic E-state index is 12.5. The van der Waals surface area contributed by atoms with Gasteiger partial charge in [-0.3, -0.25) is 9.67 Å². The van der Waals surface area contributed by atoms with Gasteiger partial charge in [-0.1, -0.05) is 0 Å². The average Bonchev–Trinajstić information content (AvgIpc) is 3.28. The van der Waals surface area contributed by atoms with E-state index in [-0.39, 0.29) is 12.3 Å². The molecule has 1 aliphatic carbocycles. The van der Waals surface area contributed by atoms with Gasteiger partial charge in [-0.15, -0.1) is 0 Å². The molecule has 0 atom stereocenters. The van der Waals surface area contributed by atoms with E-state index in [1.165, 1.54) is 7.05 Å². The second-order valence-corrected chi connectivity index (χ2v) is 5.95. The molecule has 3 heterocycles. The number of pyridine rings is 1. The Hall–Kier alpha value is -2.97.